The van der Waals surface area contributed by atoms with Crippen LogP contribution in [0.2, 0.25) is 0 Å². The smallest absolute Gasteiger partial charge is 0.171 e. The molecule has 1 atom stereocenters. The van der Waals surface area contributed by atoms with Gasteiger partial charge in [-0.2, -0.15) is 0 Å². The molecule has 0 fully saturated rings. The van der Waals surface area contributed by atoms with Crippen LogP contribution in [0, 0.1) is 5.92 Å². The number of benzene rings is 4. The van der Waals surface area contributed by atoms with Crippen LogP contribution >= 0.6 is 0 Å². The van der Waals surface area contributed by atoms with Crippen molar-refractivity contribution >= 4 is 11.4 Å². The number of ketones is 1. The SMILES string of the molecule is O=C(C1=CC=CC1C(O)=C(c1ccccc1)c1ccccc1)C(c1ccccc1)c1ccccc1. The van der Waals surface area contributed by atoms with Crippen LogP contribution in [0.4, 0.5) is 0 Å². The Morgan fingerprint density at radius 2 is 1.06 bits per heavy atom. The molecule has 2 nitrogen and oxygen atoms in total. The summed E-state index contributed by atoms with van der Waals surface area (Å²) in [5.74, 6) is -0.802. The van der Waals surface area contributed by atoms with E-state index in [1.165, 1.54) is 0 Å². The second kappa shape index (κ2) is 10.2. The molecule has 0 spiro atoms. The van der Waals surface area contributed by atoms with E-state index in [1.54, 1.807) is 0 Å². The molecule has 0 saturated heterocycles. The van der Waals surface area contributed by atoms with Gasteiger partial charge >= 0.3 is 0 Å². The highest BCUT2D eigenvalue weighted by Gasteiger charge is 2.33. The summed E-state index contributed by atoms with van der Waals surface area (Å²) in [4.78, 5) is 14.1. The number of hydrogen-bond acceptors (Lipinski definition) is 2. The van der Waals surface area contributed by atoms with Gasteiger partial charge in [-0.3, -0.25) is 4.79 Å². The molecular weight excluding hydrogens is 428 g/mol. The Morgan fingerprint density at radius 3 is 1.51 bits per heavy atom. The first-order valence-corrected chi connectivity index (χ1v) is 11.8. The normalized spacial score (nSPS) is 14.5. The summed E-state index contributed by atoms with van der Waals surface area (Å²) in [7, 11) is 0. The topological polar surface area (TPSA) is 37.3 Å². The fourth-order valence-corrected chi connectivity index (χ4v) is 4.73. The van der Waals surface area contributed by atoms with Gasteiger partial charge in [-0.15, -0.1) is 0 Å². The van der Waals surface area contributed by atoms with Crippen molar-refractivity contribution in [3.05, 3.63) is 173 Å². The molecule has 0 bridgehead atoms. The van der Waals surface area contributed by atoms with Gasteiger partial charge in [0.25, 0.3) is 0 Å². The molecule has 170 valence electrons. The third-order valence-corrected chi connectivity index (χ3v) is 6.40. The van der Waals surface area contributed by atoms with Gasteiger partial charge in [0.1, 0.15) is 5.76 Å². The second-order valence-corrected chi connectivity index (χ2v) is 8.60. The van der Waals surface area contributed by atoms with Crippen molar-refractivity contribution in [3.63, 3.8) is 0 Å². The molecular formula is C33H26O2. The van der Waals surface area contributed by atoms with Gasteiger partial charge < -0.3 is 5.11 Å². The molecule has 4 aromatic carbocycles. The van der Waals surface area contributed by atoms with Crippen LogP contribution in [0.15, 0.2) is 151 Å². The van der Waals surface area contributed by atoms with Gasteiger partial charge in [0, 0.05) is 11.1 Å². The van der Waals surface area contributed by atoms with E-state index < -0.39 is 11.8 Å². The molecule has 35 heavy (non-hydrogen) atoms. The van der Waals surface area contributed by atoms with Crippen LogP contribution in [0.3, 0.4) is 0 Å². The summed E-state index contributed by atoms with van der Waals surface area (Å²) in [5.41, 5.74) is 5.01. The number of allylic oxidation sites excluding steroid dienone is 3. The van der Waals surface area contributed by atoms with E-state index in [9.17, 15) is 9.90 Å². The Morgan fingerprint density at radius 1 is 0.629 bits per heavy atom. The van der Waals surface area contributed by atoms with Crippen molar-refractivity contribution in [2.24, 2.45) is 5.92 Å². The van der Waals surface area contributed by atoms with Gasteiger partial charge in [0.2, 0.25) is 0 Å². The highest BCUT2D eigenvalue weighted by molar-refractivity contribution is 6.04. The number of hydrogen-bond donors (Lipinski definition) is 1. The third kappa shape index (κ3) is 4.64. The van der Waals surface area contributed by atoms with E-state index in [2.05, 4.69) is 0 Å². The van der Waals surface area contributed by atoms with Crippen LogP contribution in [0.1, 0.15) is 28.2 Å². The Labute approximate surface area is 206 Å². The molecule has 0 heterocycles. The van der Waals surface area contributed by atoms with Crippen LogP contribution in [-0.4, -0.2) is 10.9 Å². The first-order valence-electron chi connectivity index (χ1n) is 11.8. The maximum absolute atomic E-state index is 14.1. The average molecular weight is 455 g/mol. The minimum atomic E-state index is -0.521. The maximum Gasteiger partial charge on any atom is 0.171 e. The largest absolute Gasteiger partial charge is 0.511 e. The molecule has 4 aromatic rings. The molecule has 1 aliphatic carbocycles. The first kappa shape index (κ1) is 22.4. The summed E-state index contributed by atoms with van der Waals surface area (Å²) in [5, 5.41) is 11.7. The van der Waals surface area contributed by atoms with Crippen LogP contribution in [0.25, 0.3) is 5.57 Å². The first-order chi connectivity index (χ1) is 17.2. The maximum atomic E-state index is 14.1. The molecule has 1 aliphatic rings. The highest BCUT2D eigenvalue weighted by Crippen LogP contribution is 2.38. The third-order valence-electron chi connectivity index (χ3n) is 6.40. The van der Waals surface area contributed by atoms with Crippen molar-refractivity contribution in [1.82, 2.24) is 0 Å². The second-order valence-electron chi connectivity index (χ2n) is 8.60. The Balaban J connectivity index is 1.59. The molecule has 1 N–H and O–H groups in total. The average Bonchev–Trinajstić information content (AvgIpc) is 3.42. The van der Waals surface area contributed by atoms with Gasteiger partial charge in [-0.25, -0.2) is 0 Å². The van der Waals surface area contributed by atoms with Gasteiger partial charge in [-0.05, 0) is 22.3 Å². The molecule has 0 radical (unpaired) electrons. The standard InChI is InChI=1S/C33H26O2/c34-32(30(24-14-5-1-6-15-24)25-16-7-2-8-17-25)28-22-13-23-29(28)33(35)31(26-18-9-3-10-19-26)27-20-11-4-12-21-27/h1-23,28,31,34H. The predicted octanol–water partition coefficient (Wildman–Crippen LogP) is 7.52. The van der Waals surface area contributed by atoms with E-state index in [0.717, 1.165) is 27.8 Å². The Hall–Kier alpha value is -4.43. The summed E-state index contributed by atoms with van der Waals surface area (Å²) >= 11 is 0. The van der Waals surface area contributed by atoms with Gasteiger partial charge in [0.05, 0.1) is 11.8 Å². The summed E-state index contributed by atoms with van der Waals surface area (Å²) in [6.07, 6.45) is 5.62. The molecule has 0 amide bonds. The lowest BCUT2D eigenvalue weighted by molar-refractivity contribution is -0.116. The number of aliphatic hydroxyl groups is 1. The molecule has 0 aromatic heterocycles. The summed E-state index contributed by atoms with van der Waals surface area (Å²) in [6.45, 7) is 0. The van der Waals surface area contributed by atoms with Crippen LogP contribution in [-0.2, 0) is 4.79 Å². The van der Waals surface area contributed by atoms with Crippen molar-refractivity contribution in [2.45, 2.75) is 5.92 Å². The van der Waals surface area contributed by atoms with Gasteiger partial charge in [-0.1, -0.05) is 140 Å². The lowest BCUT2D eigenvalue weighted by Gasteiger charge is -2.22. The number of rotatable bonds is 7. The fraction of sp³-hybridized carbons (Fsp3) is 0.0606. The fourth-order valence-electron chi connectivity index (χ4n) is 4.73. The van der Waals surface area contributed by atoms with Crippen LogP contribution in [0.5, 0.6) is 0 Å². The minimum absolute atomic E-state index is 0.00979. The van der Waals surface area contributed by atoms with E-state index in [1.807, 2.05) is 140 Å². The van der Waals surface area contributed by atoms with E-state index in [-0.39, 0.29) is 11.5 Å². The monoisotopic (exact) mass is 454 g/mol. The summed E-state index contributed by atoms with van der Waals surface area (Å²) < 4.78 is 0. The van der Waals surface area contributed by atoms with Gasteiger partial charge in [0.15, 0.2) is 5.78 Å². The molecule has 5 rings (SSSR count). The molecule has 2 heteroatoms. The lowest BCUT2D eigenvalue weighted by Crippen LogP contribution is -2.21. The van der Waals surface area contributed by atoms with Crippen molar-refractivity contribution < 1.29 is 9.90 Å². The Bertz CT molecular complexity index is 1300. The Kier molecular flexibility index (Phi) is 6.54. The van der Waals surface area contributed by atoms with E-state index in [4.69, 9.17) is 0 Å². The number of aliphatic hydroxyl groups excluding tert-OH is 1. The molecule has 1 unspecified atom stereocenters. The highest BCUT2D eigenvalue weighted by atomic mass is 16.3. The zero-order chi connectivity index (χ0) is 24.0. The van der Waals surface area contributed by atoms with E-state index in [0.29, 0.717) is 5.57 Å². The van der Waals surface area contributed by atoms with Crippen molar-refractivity contribution in [1.29, 1.82) is 0 Å². The number of carbonyl (C=O) groups is 1. The van der Waals surface area contributed by atoms with Crippen molar-refractivity contribution in [3.8, 4) is 0 Å². The predicted molar refractivity (Wildman–Crippen MR) is 142 cm³/mol. The molecule has 0 saturated carbocycles. The number of Topliss-reactive ketones (excluding diaryl/α,β-unsaturated/α-hetero) is 1. The van der Waals surface area contributed by atoms with Crippen molar-refractivity contribution in [2.75, 3.05) is 0 Å². The number of carbonyl (C=O) groups excluding carboxylic acids is 1. The quantitative estimate of drug-likeness (QED) is 0.293. The zero-order valence-corrected chi connectivity index (χ0v) is 19.3. The minimum Gasteiger partial charge on any atom is -0.511 e. The molecule has 0 aliphatic heterocycles. The zero-order valence-electron chi connectivity index (χ0n) is 19.3. The lowest BCUT2D eigenvalue weighted by atomic mass is 9.80. The van der Waals surface area contributed by atoms with E-state index >= 15 is 0 Å². The summed E-state index contributed by atoms with van der Waals surface area (Å²) in [6, 6.07) is 39.4. The van der Waals surface area contributed by atoms with Crippen LogP contribution < -0.4 is 0 Å².